The van der Waals surface area contributed by atoms with Crippen molar-refractivity contribution in [2.24, 2.45) is 4.99 Å². The molecule has 7 heteroatoms. The van der Waals surface area contributed by atoms with Crippen molar-refractivity contribution in [3.8, 4) is 17.2 Å². The van der Waals surface area contributed by atoms with E-state index in [0.29, 0.717) is 37.2 Å². The summed E-state index contributed by atoms with van der Waals surface area (Å²) in [4.78, 5) is 4.29. The fraction of sp³-hybridized carbons (Fsp3) is 0.381. The Labute approximate surface area is 184 Å². The van der Waals surface area contributed by atoms with Gasteiger partial charge in [-0.2, -0.15) is 0 Å². The Kier molecular flexibility index (Phi) is 10.5. The Morgan fingerprint density at radius 2 is 1.64 bits per heavy atom. The van der Waals surface area contributed by atoms with E-state index < -0.39 is 0 Å². The minimum Gasteiger partial charge on any atom is -0.494 e. The lowest BCUT2D eigenvalue weighted by molar-refractivity contribution is 0.336. The van der Waals surface area contributed by atoms with Gasteiger partial charge in [0.1, 0.15) is 5.75 Å². The molecule has 0 saturated carbocycles. The second-order valence-corrected chi connectivity index (χ2v) is 6.01. The van der Waals surface area contributed by atoms with Gasteiger partial charge in [-0.15, -0.1) is 24.0 Å². The molecule has 0 fully saturated rings. The molecule has 6 nitrogen and oxygen atoms in total. The number of aryl methyl sites for hydroxylation is 1. The van der Waals surface area contributed by atoms with Crippen LogP contribution in [0.4, 0.5) is 0 Å². The Balaban J connectivity index is 0.00000392. The van der Waals surface area contributed by atoms with Gasteiger partial charge in [0.25, 0.3) is 0 Å². The Morgan fingerprint density at radius 1 is 0.929 bits per heavy atom. The lowest BCUT2D eigenvalue weighted by atomic mass is 10.1. The van der Waals surface area contributed by atoms with Crippen molar-refractivity contribution in [3.63, 3.8) is 0 Å². The fourth-order valence-corrected chi connectivity index (χ4v) is 2.67. The molecule has 0 saturated heterocycles. The first-order valence-electron chi connectivity index (χ1n) is 8.99. The zero-order valence-corrected chi connectivity index (χ0v) is 19.5. The summed E-state index contributed by atoms with van der Waals surface area (Å²) >= 11 is 0. The van der Waals surface area contributed by atoms with Gasteiger partial charge in [0.15, 0.2) is 17.5 Å². The maximum atomic E-state index is 5.73. The maximum absolute atomic E-state index is 5.73. The molecule has 0 radical (unpaired) electrons. The topological polar surface area (TPSA) is 64.1 Å². The number of guanidine groups is 1. The van der Waals surface area contributed by atoms with E-state index in [2.05, 4.69) is 40.7 Å². The Morgan fingerprint density at radius 3 is 2.29 bits per heavy atom. The molecule has 154 valence electrons. The first-order chi connectivity index (χ1) is 13.1. The molecule has 0 heterocycles. The highest BCUT2D eigenvalue weighted by Gasteiger charge is 2.07. The first kappa shape index (κ1) is 23.9. The van der Waals surface area contributed by atoms with Gasteiger partial charge >= 0.3 is 0 Å². The fourth-order valence-electron chi connectivity index (χ4n) is 2.67. The summed E-state index contributed by atoms with van der Waals surface area (Å²) in [6.45, 7) is 5.93. The minimum absolute atomic E-state index is 0. The molecule has 0 aliphatic rings. The van der Waals surface area contributed by atoms with E-state index in [9.17, 15) is 0 Å². The molecule has 0 aromatic heterocycles. The molecule has 0 aliphatic heterocycles. The van der Waals surface area contributed by atoms with Crippen molar-refractivity contribution in [1.82, 2.24) is 10.6 Å². The standard InChI is InChI=1S/C21H29N3O3.HI/c1-6-27-19-11-15(2)7-9-17(19)14-24-21(22-3)23-13-16-8-10-18(25-4)20(12-16)26-5;/h7-12H,6,13-14H2,1-5H3,(H2,22,23,24);1H. The van der Waals surface area contributed by atoms with Gasteiger partial charge in [-0.1, -0.05) is 18.2 Å². The normalized spacial score (nSPS) is 10.7. The molecule has 0 spiro atoms. The number of aliphatic imine (C=N–C) groups is 1. The second kappa shape index (κ2) is 12.3. The number of benzene rings is 2. The lowest BCUT2D eigenvalue weighted by Crippen LogP contribution is -2.36. The Bertz CT molecular complexity index is 781. The highest BCUT2D eigenvalue weighted by Crippen LogP contribution is 2.27. The number of nitrogens with zero attached hydrogens (tertiary/aromatic N) is 1. The van der Waals surface area contributed by atoms with Crippen LogP contribution in [0.1, 0.15) is 23.6 Å². The molecule has 0 aliphatic carbocycles. The van der Waals surface area contributed by atoms with E-state index in [1.165, 1.54) is 5.56 Å². The van der Waals surface area contributed by atoms with Gasteiger partial charge in [-0.05, 0) is 43.2 Å². The monoisotopic (exact) mass is 499 g/mol. The molecular weight excluding hydrogens is 469 g/mol. The van der Waals surface area contributed by atoms with E-state index >= 15 is 0 Å². The Hall–Kier alpha value is -2.16. The van der Waals surface area contributed by atoms with Gasteiger partial charge < -0.3 is 24.8 Å². The van der Waals surface area contributed by atoms with Gasteiger partial charge in [0.05, 0.1) is 20.8 Å². The van der Waals surface area contributed by atoms with Crippen LogP contribution in [-0.4, -0.2) is 33.8 Å². The molecular formula is C21H30IN3O3. The van der Waals surface area contributed by atoms with Gasteiger partial charge in [-0.3, -0.25) is 4.99 Å². The molecule has 0 atom stereocenters. The zero-order chi connectivity index (χ0) is 19.6. The molecule has 28 heavy (non-hydrogen) atoms. The molecule has 0 bridgehead atoms. The number of methoxy groups -OCH3 is 2. The van der Waals surface area contributed by atoms with Crippen LogP contribution in [-0.2, 0) is 13.1 Å². The zero-order valence-electron chi connectivity index (χ0n) is 17.2. The molecule has 2 N–H and O–H groups in total. The van der Waals surface area contributed by atoms with Gasteiger partial charge in [0.2, 0.25) is 0 Å². The summed E-state index contributed by atoms with van der Waals surface area (Å²) in [6.07, 6.45) is 0. The van der Waals surface area contributed by atoms with Crippen LogP contribution in [0.3, 0.4) is 0 Å². The van der Waals surface area contributed by atoms with Crippen LogP contribution in [0.25, 0.3) is 0 Å². The summed E-state index contributed by atoms with van der Waals surface area (Å²) in [5.41, 5.74) is 3.34. The summed E-state index contributed by atoms with van der Waals surface area (Å²) in [6, 6.07) is 12.1. The van der Waals surface area contributed by atoms with Crippen LogP contribution in [0.5, 0.6) is 17.2 Å². The van der Waals surface area contributed by atoms with Crippen LogP contribution in [0.15, 0.2) is 41.4 Å². The number of hydrogen-bond donors (Lipinski definition) is 2. The number of hydrogen-bond acceptors (Lipinski definition) is 4. The van der Waals surface area contributed by atoms with E-state index in [4.69, 9.17) is 14.2 Å². The molecule has 2 rings (SSSR count). The largest absolute Gasteiger partial charge is 0.494 e. The second-order valence-electron chi connectivity index (χ2n) is 6.01. The van der Waals surface area contributed by atoms with Crippen LogP contribution < -0.4 is 24.8 Å². The molecule has 0 amide bonds. The SMILES string of the molecule is CCOc1cc(C)ccc1CNC(=NC)NCc1ccc(OC)c(OC)c1.I. The van der Waals surface area contributed by atoms with Crippen LogP contribution in [0.2, 0.25) is 0 Å². The number of nitrogens with one attached hydrogen (secondary N) is 2. The van der Waals surface area contributed by atoms with E-state index in [-0.39, 0.29) is 24.0 Å². The van der Waals surface area contributed by atoms with E-state index in [1.807, 2.05) is 25.1 Å². The lowest BCUT2D eigenvalue weighted by Gasteiger charge is -2.15. The van der Waals surface area contributed by atoms with Gasteiger partial charge in [-0.25, -0.2) is 0 Å². The highest BCUT2D eigenvalue weighted by atomic mass is 127. The third kappa shape index (κ3) is 6.78. The van der Waals surface area contributed by atoms with Crippen molar-refractivity contribution in [2.45, 2.75) is 26.9 Å². The predicted octanol–water partition coefficient (Wildman–Crippen LogP) is 3.89. The molecule has 2 aromatic carbocycles. The first-order valence-corrected chi connectivity index (χ1v) is 8.99. The summed E-state index contributed by atoms with van der Waals surface area (Å²) in [5.74, 6) is 3.04. The minimum atomic E-state index is 0. The van der Waals surface area contributed by atoms with Crippen molar-refractivity contribution in [1.29, 1.82) is 0 Å². The van der Waals surface area contributed by atoms with Crippen LogP contribution >= 0.6 is 24.0 Å². The average Bonchev–Trinajstić information content (AvgIpc) is 2.69. The quantitative estimate of drug-likeness (QED) is 0.328. The summed E-state index contributed by atoms with van der Waals surface area (Å²) in [5, 5.41) is 6.64. The smallest absolute Gasteiger partial charge is 0.191 e. The third-order valence-electron chi connectivity index (χ3n) is 4.10. The van der Waals surface area contributed by atoms with Gasteiger partial charge in [0, 0.05) is 25.7 Å². The van der Waals surface area contributed by atoms with Crippen molar-refractivity contribution in [3.05, 3.63) is 53.1 Å². The van der Waals surface area contributed by atoms with Crippen molar-refractivity contribution in [2.75, 3.05) is 27.9 Å². The predicted molar refractivity (Wildman–Crippen MR) is 124 cm³/mol. The third-order valence-corrected chi connectivity index (χ3v) is 4.10. The number of rotatable bonds is 8. The van der Waals surface area contributed by atoms with E-state index in [1.54, 1.807) is 21.3 Å². The maximum Gasteiger partial charge on any atom is 0.191 e. The number of ether oxygens (including phenoxy) is 3. The van der Waals surface area contributed by atoms with Crippen LogP contribution in [0, 0.1) is 6.92 Å². The summed E-state index contributed by atoms with van der Waals surface area (Å²) in [7, 11) is 5.01. The molecule has 2 aromatic rings. The van der Waals surface area contributed by atoms with Crippen molar-refractivity contribution < 1.29 is 14.2 Å². The highest BCUT2D eigenvalue weighted by molar-refractivity contribution is 14.0. The van der Waals surface area contributed by atoms with E-state index in [0.717, 1.165) is 16.9 Å². The number of halogens is 1. The molecule has 0 unspecified atom stereocenters. The average molecular weight is 499 g/mol. The summed E-state index contributed by atoms with van der Waals surface area (Å²) < 4.78 is 16.4. The van der Waals surface area contributed by atoms with Crippen molar-refractivity contribution >= 4 is 29.9 Å².